The van der Waals surface area contributed by atoms with Crippen molar-refractivity contribution in [3.63, 3.8) is 0 Å². The van der Waals surface area contributed by atoms with Crippen molar-refractivity contribution in [2.75, 3.05) is 5.32 Å². The molecule has 0 spiro atoms. The largest absolute Gasteiger partial charge is 0.328 e. The number of nitrogens with one attached hydrogen (secondary N) is 1. The van der Waals surface area contributed by atoms with Gasteiger partial charge in [0.1, 0.15) is 12.4 Å². The molecule has 5 nitrogen and oxygen atoms in total. The van der Waals surface area contributed by atoms with Crippen LogP contribution in [0, 0.1) is 0 Å². The number of hydrogen-bond acceptors (Lipinski definition) is 4. The number of rotatable bonds is 2. The first kappa shape index (κ1) is 15.5. The molecule has 1 aromatic carbocycles. The molecule has 2 heterocycles. The standard InChI is InChI=1S/C18H22N4O/c1-11-15(12(2)23)16(22-17(21-11)19-10-20-22)13-6-8-14(9-7-13)18(3,4)5/h6-10,16H,1-5H3,(H,19,20,21)/t16-/m1/s1. The van der Waals surface area contributed by atoms with Crippen LogP contribution in [0.5, 0.6) is 0 Å². The highest BCUT2D eigenvalue weighted by molar-refractivity contribution is 5.96. The van der Waals surface area contributed by atoms with Gasteiger partial charge in [-0.2, -0.15) is 10.1 Å². The maximum Gasteiger partial charge on any atom is 0.226 e. The molecular formula is C18H22N4O. The summed E-state index contributed by atoms with van der Waals surface area (Å²) in [4.78, 5) is 16.4. The van der Waals surface area contributed by atoms with E-state index < -0.39 is 0 Å². The third-order valence-corrected chi connectivity index (χ3v) is 4.27. The molecule has 1 aliphatic rings. The highest BCUT2D eigenvalue weighted by Gasteiger charge is 2.31. The molecule has 23 heavy (non-hydrogen) atoms. The molecule has 1 aromatic heterocycles. The van der Waals surface area contributed by atoms with E-state index in [1.807, 2.05) is 6.92 Å². The van der Waals surface area contributed by atoms with Crippen LogP contribution in [0.15, 0.2) is 41.9 Å². The number of nitrogens with zero attached hydrogens (tertiary/aromatic N) is 3. The first-order valence-corrected chi connectivity index (χ1v) is 7.77. The summed E-state index contributed by atoms with van der Waals surface area (Å²) in [6.07, 6.45) is 1.51. The Kier molecular flexibility index (Phi) is 3.59. The second kappa shape index (κ2) is 5.33. The van der Waals surface area contributed by atoms with Crippen LogP contribution < -0.4 is 5.32 Å². The summed E-state index contributed by atoms with van der Waals surface area (Å²) in [5.41, 5.74) is 3.96. The predicted molar refractivity (Wildman–Crippen MR) is 90.3 cm³/mol. The van der Waals surface area contributed by atoms with Crippen LogP contribution in [-0.4, -0.2) is 20.5 Å². The number of allylic oxidation sites excluding steroid dienone is 2. The van der Waals surface area contributed by atoms with Crippen molar-refractivity contribution in [2.45, 2.75) is 46.1 Å². The summed E-state index contributed by atoms with van der Waals surface area (Å²) in [6.45, 7) is 10.1. The average molecular weight is 310 g/mol. The topological polar surface area (TPSA) is 59.8 Å². The molecule has 1 N–H and O–H groups in total. The first-order chi connectivity index (χ1) is 10.8. The van der Waals surface area contributed by atoms with Gasteiger partial charge in [-0.25, -0.2) is 4.68 Å². The first-order valence-electron chi connectivity index (χ1n) is 7.77. The van der Waals surface area contributed by atoms with Crippen LogP contribution in [0.3, 0.4) is 0 Å². The van der Waals surface area contributed by atoms with Crippen molar-refractivity contribution < 1.29 is 4.79 Å². The summed E-state index contributed by atoms with van der Waals surface area (Å²) in [7, 11) is 0. The Morgan fingerprint density at radius 1 is 1.22 bits per heavy atom. The highest BCUT2D eigenvalue weighted by Crippen LogP contribution is 2.35. The van der Waals surface area contributed by atoms with Gasteiger partial charge in [0.2, 0.25) is 5.95 Å². The maximum absolute atomic E-state index is 12.2. The van der Waals surface area contributed by atoms with Gasteiger partial charge in [0.15, 0.2) is 5.78 Å². The summed E-state index contributed by atoms with van der Waals surface area (Å²) < 4.78 is 1.77. The van der Waals surface area contributed by atoms with E-state index in [1.165, 1.54) is 11.9 Å². The van der Waals surface area contributed by atoms with Crippen molar-refractivity contribution in [1.82, 2.24) is 14.8 Å². The number of fused-ring (bicyclic) bond motifs is 1. The van der Waals surface area contributed by atoms with Crippen LogP contribution in [0.25, 0.3) is 0 Å². The molecule has 0 saturated carbocycles. The summed E-state index contributed by atoms with van der Waals surface area (Å²) >= 11 is 0. The van der Waals surface area contributed by atoms with Gasteiger partial charge >= 0.3 is 0 Å². The van der Waals surface area contributed by atoms with E-state index in [4.69, 9.17) is 0 Å². The van der Waals surface area contributed by atoms with Gasteiger partial charge in [-0.05, 0) is 30.4 Å². The number of hydrogen-bond donors (Lipinski definition) is 1. The van der Waals surface area contributed by atoms with E-state index in [-0.39, 0.29) is 17.2 Å². The molecule has 0 saturated heterocycles. The van der Waals surface area contributed by atoms with Gasteiger partial charge in [-0.1, -0.05) is 45.0 Å². The Morgan fingerprint density at radius 2 is 1.87 bits per heavy atom. The molecule has 1 atom stereocenters. The number of Topliss-reactive ketones (excluding diaryl/α,β-unsaturated/α-hetero) is 1. The lowest BCUT2D eigenvalue weighted by molar-refractivity contribution is -0.114. The van der Waals surface area contributed by atoms with E-state index in [1.54, 1.807) is 11.6 Å². The minimum atomic E-state index is -0.236. The maximum atomic E-state index is 12.2. The Labute approximate surface area is 136 Å². The molecule has 120 valence electrons. The minimum Gasteiger partial charge on any atom is -0.328 e. The minimum absolute atomic E-state index is 0.0426. The van der Waals surface area contributed by atoms with Crippen molar-refractivity contribution in [3.8, 4) is 0 Å². The van der Waals surface area contributed by atoms with Crippen molar-refractivity contribution in [2.24, 2.45) is 0 Å². The lowest BCUT2D eigenvalue weighted by Gasteiger charge is -2.28. The van der Waals surface area contributed by atoms with Crippen molar-refractivity contribution in [1.29, 1.82) is 0 Å². The molecule has 5 heteroatoms. The number of ketones is 1. The van der Waals surface area contributed by atoms with E-state index in [9.17, 15) is 4.79 Å². The van der Waals surface area contributed by atoms with E-state index in [2.05, 4.69) is 60.4 Å². The van der Waals surface area contributed by atoms with Gasteiger partial charge in [0.25, 0.3) is 0 Å². The number of benzene rings is 1. The second-order valence-electron chi connectivity index (χ2n) is 7.02. The van der Waals surface area contributed by atoms with E-state index in [0.717, 1.165) is 16.8 Å². The fourth-order valence-corrected chi connectivity index (χ4v) is 3.02. The Bertz CT molecular complexity index is 778. The van der Waals surface area contributed by atoms with Crippen molar-refractivity contribution in [3.05, 3.63) is 53.0 Å². The zero-order valence-corrected chi connectivity index (χ0v) is 14.2. The molecular weight excluding hydrogens is 288 g/mol. The summed E-state index contributed by atoms with van der Waals surface area (Å²) in [5.74, 6) is 0.707. The Balaban J connectivity index is 2.11. The lowest BCUT2D eigenvalue weighted by Crippen LogP contribution is -2.27. The summed E-state index contributed by atoms with van der Waals surface area (Å²) in [5, 5.41) is 7.46. The smallest absolute Gasteiger partial charge is 0.226 e. The van der Waals surface area contributed by atoms with E-state index >= 15 is 0 Å². The summed E-state index contributed by atoms with van der Waals surface area (Å²) in [6, 6.07) is 8.18. The number of carbonyl (C=O) groups excluding carboxylic acids is 1. The fraction of sp³-hybridized carbons (Fsp3) is 0.389. The predicted octanol–water partition coefficient (Wildman–Crippen LogP) is 3.45. The molecule has 1 aliphatic heterocycles. The third-order valence-electron chi connectivity index (χ3n) is 4.27. The van der Waals surface area contributed by atoms with Crippen LogP contribution in [0.1, 0.15) is 51.8 Å². The van der Waals surface area contributed by atoms with Gasteiger partial charge in [0.05, 0.1) is 0 Å². The molecule has 3 rings (SSSR count). The van der Waals surface area contributed by atoms with Crippen molar-refractivity contribution >= 4 is 11.7 Å². The van der Waals surface area contributed by atoms with Gasteiger partial charge in [-0.3, -0.25) is 4.79 Å². The van der Waals surface area contributed by atoms with Crippen LogP contribution in [-0.2, 0) is 10.2 Å². The molecule has 0 fully saturated rings. The average Bonchev–Trinajstić information content (AvgIpc) is 2.92. The molecule has 2 aromatic rings. The molecule has 0 amide bonds. The van der Waals surface area contributed by atoms with Crippen LogP contribution in [0.2, 0.25) is 0 Å². The number of anilines is 1. The molecule has 0 aliphatic carbocycles. The van der Waals surface area contributed by atoms with Gasteiger partial charge < -0.3 is 5.32 Å². The molecule has 0 unspecified atom stereocenters. The number of aromatic nitrogens is 3. The fourth-order valence-electron chi connectivity index (χ4n) is 3.02. The molecule has 0 radical (unpaired) electrons. The van der Waals surface area contributed by atoms with Gasteiger partial charge in [-0.15, -0.1) is 0 Å². The highest BCUT2D eigenvalue weighted by atomic mass is 16.1. The second-order valence-corrected chi connectivity index (χ2v) is 7.02. The van der Waals surface area contributed by atoms with Crippen LogP contribution >= 0.6 is 0 Å². The monoisotopic (exact) mass is 310 g/mol. The Hall–Kier alpha value is -2.43. The SMILES string of the molecule is CC(=O)C1=C(C)Nc2ncnn2[C@@H]1c1ccc(C(C)(C)C)cc1. The quantitative estimate of drug-likeness (QED) is 0.923. The number of carbonyl (C=O) groups is 1. The van der Waals surface area contributed by atoms with E-state index in [0.29, 0.717) is 5.95 Å². The molecule has 0 bridgehead atoms. The van der Waals surface area contributed by atoms with Gasteiger partial charge in [0, 0.05) is 11.3 Å². The Morgan fingerprint density at radius 3 is 2.43 bits per heavy atom. The zero-order valence-electron chi connectivity index (χ0n) is 14.2. The van der Waals surface area contributed by atoms with Crippen LogP contribution in [0.4, 0.5) is 5.95 Å². The lowest BCUT2D eigenvalue weighted by atomic mass is 9.85. The third kappa shape index (κ3) is 2.67. The normalized spacial score (nSPS) is 17.7. The zero-order chi connectivity index (χ0) is 16.8.